The van der Waals surface area contributed by atoms with E-state index in [-0.39, 0.29) is 36.1 Å². The van der Waals surface area contributed by atoms with E-state index >= 15 is 0 Å². The van der Waals surface area contributed by atoms with Gasteiger partial charge in [0.2, 0.25) is 17.7 Å². The Labute approximate surface area is 221 Å². The van der Waals surface area contributed by atoms with Crippen LogP contribution in [0.3, 0.4) is 0 Å². The summed E-state index contributed by atoms with van der Waals surface area (Å²) in [5, 5.41) is 6.12. The number of fused-ring (bicyclic) bond motifs is 1. The van der Waals surface area contributed by atoms with Crippen molar-refractivity contribution in [1.29, 1.82) is 0 Å². The molecule has 3 fully saturated rings. The first-order valence-electron chi connectivity index (χ1n) is 13.5. The molecule has 6 rings (SSSR count). The van der Waals surface area contributed by atoms with Crippen LogP contribution in [0, 0.1) is 24.6 Å². The van der Waals surface area contributed by atoms with Gasteiger partial charge in [-0.3, -0.25) is 14.4 Å². The van der Waals surface area contributed by atoms with Crippen LogP contribution < -0.4 is 10.6 Å². The molecule has 3 heterocycles. The second-order valence-electron chi connectivity index (χ2n) is 11.0. The Hall–Kier alpha value is -3.52. The molecule has 3 aliphatic heterocycles. The van der Waals surface area contributed by atoms with E-state index in [9.17, 15) is 18.8 Å². The molecule has 4 aliphatic rings. The molecular weight excluding hydrogens is 485 g/mol. The molecule has 1 saturated carbocycles. The number of nitrogens with zero attached hydrogens (tertiary/aromatic N) is 1. The Kier molecular flexibility index (Phi) is 6.30. The Bertz CT molecular complexity index is 1270. The minimum Gasteiger partial charge on any atom is -0.359 e. The maximum Gasteiger partial charge on any atom is 0.246 e. The summed E-state index contributed by atoms with van der Waals surface area (Å²) in [7, 11) is 0. The van der Waals surface area contributed by atoms with Crippen molar-refractivity contribution in [2.75, 3.05) is 5.32 Å². The van der Waals surface area contributed by atoms with Crippen molar-refractivity contribution >= 4 is 23.4 Å². The number of rotatable bonds is 6. The van der Waals surface area contributed by atoms with Crippen LogP contribution in [0.2, 0.25) is 0 Å². The molecule has 38 heavy (non-hydrogen) atoms. The number of aryl methyl sites for hydroxylation is 1. The molecule has 3 amide bonds. The van der Waals surface area contributed by atoms with E-state index in [1.54, 1.807) is 12.1 Å². The number of anilines is 1. The van der Waals surface area contributed by atoms with E-state index in [0.29, 0.717) is 11.3 Å². The van der Waals surface area contributed by atoms with E-state index in [1.807, 2.05) is 43.3 Å². The van der Waals surface area contributed by atoms with Gasteiger partial charge in [0, 0.05) is 18.3 Å². The van der Waals surface area contributed by atoms with Gasteiger partial charge in [0.1, 0.15) is 17.5 Å². The van der Waals surface area contributed by atoms with Gasteiger partial charge >= 0.3 is 0 Å². The highest BCUT2D eigenvalue weighted by atomic mass is 19.1. The molecule has 0 radical (unpaired) electrons. The fraction of sp³-hybridized carbons (Fsp3) is 0.433. The zero-order chi connectivity index (χ0) is 26.4. The predicted octanol–water partition coefficient (Wildman–Crippen LogP) is 3.87. The van der Waals surface area contributed by atoms with Crippen LogP contribution in [0.15, 0.2) is 60.7 Å². The Morgan fingerprint density at radius 2 is 1.74 bits per heavy atom. The monoisotopic (exact) mass is 517 g/mol. The quantitative estimate of drug-likeness (QED) is 0.570. The Balaban J connectivity index is 1.32. The molecule has 198 valence electrons. The average Bonchev–Trinajstić information content (AvgIpc) is 3.55. The van der Waals surface area contributed by atoms with Crippen molar-refractivity contribution in [2.24, 2.45) is 11.8 Å². The van der Waals surface area contributed by atoms with Gasteiger partial charge in [-0.2, -0.15) is 0 Å². The predicted molar refractivity (Wildman–Crippen MR) is 139 cm³/mol. The van der Waals surface area contributed by atoms with E-state index in [4.69, 9.17) is 4.74 Å². The number of benzene rings is 2. The summed E-state index contributed by atoms with van der Waals surface area (Å²) in [6.07, 6.45) is 8.11. The highest BCUT2D eigenvalue weighted by molar-refractivity contribution is 6.02. The maximum atomic E-state index is 14.0. The third-order valence-corrected chi connectivity index (χ3v) is 8.46. The molecular formula is C30H32FN3O4. The largest absolute Gasteiger partial charge is 0.359 e. The summed E-state index contributed by atoms with van der Waals surface area (Å²) in [4.78, 5) is 43.0. The van der Waals surface area contributed by atoms with E-state index in [1.165, 1.54) is 17.0 Å². The molecule has 2 aromatic carbocycles. The smallest absolute Gasteiger partial charge is 0.246 e. The number of halogens is 1. The number of hydrogen-bond acceptors (Lipinski definition) is 4. The van der Waals surface area contributed by atoms with Crippen molar-refractivity contribution in [1.82, 2.24) is 10.2 Å². The van der Waals surface area contributed by atoms with Gasteiger partial charge in [0.25, 0.3) is 0 Å². The molecule has 7 nitrogen and oxygen atoms in total. The third-order valence-electron chi connectivity index (χ3n) is 8.46. The van der Waals surface area contributed by atoms with Crippen LogP contribution in [0.4, 0.5) is 10.1 Å². The van der Waals surface area contributed by atoms with Crippen LogP contribution in [-0.2, 0) is 25.7 Å². The molecule has 2 N–H and O–H groups in total. The van der Waals surface area contributed by atoms with Crippen molar-refractivity contribution in [3.05, 3.63) is 77.6 Å². The lowest BCUT2D eigenvalue weighted by molar-refractivity contribution is -0.142. The summed E-state index contributed by atoms with van der Waals surface area (Å²) < 4.78 is 20.0. The van der Waals surface area contributed by atoms with Gasteiger partial charge in [0.05, 0.1) is 17.9 Å². The first kappa shape index (κ1) is 24.8. The highest BCUT2D eigenvalue weighted by Gasteiger charge is 2.72. The minimum absolute atomic E-state index is 0.0534. The summed E-state index contributed by atoms with van der Waals surface area (Å²) >= 11 is 0. The van der Waals surface area contributed by atoms with Gasteiger partial charge in [0.15, 0.2) is 0 Å². The summed E-state index contributed by atoms with van der Waals surface area (Å²) in [6.45, 7) is 2.09. The number of amides is 3. The second kappa shape index (κ2) is 9.66. The first-order valence-corrected chi connectivity index (χ1v) is 13.5. The Morgan fingerprint density at radius 1 is 1.03 bits per heavy atom. The summed E-state index contributed by atoms with van der Waals surface area (Å²) in [5.74, 6) is -2.84. The normalized spacial score (nSPS) is 29.9. The second-order valence-corrected chi connectivity index (χ2v) is 11.0. The lowest BCUT2D eigenvalue weighted by atomic mass is 9.74. The van der Waals surface area contributed by atoms with E-state index in [2.05, 4.69) is 10.6 Å². The van der Waals surface area contributed by atoms with Crippen LogP contribution >= 0.6 is 0 Å². The highest BCUT2D eigenvalue weighted by Crippen LogP contribution is 2.55. The Morgan fingerprint density at radius 3 is 2.45 bits per heavy atom. The topological polar surface area (TPSA) is 87.7 Å². The molecule has 2 bridgehead atoms. The molecule has 2 saturated heterocycles. The lowest BCUT2D eigenvalue weighted by Crippen LogP contribution is -2.56. The minimum atomic E-state index is -1.23. The first-order chi connectivity index (χ1) is 18.4. The lowest BCUT2D eigenvalue weighted by Gasteiger charge is -2.34. The van der Waals surface area contributed by atoms with Gasteiger partial charge in [-0.25, -0.2) is 4.39 Å². The molecule has 1 aliphatic carbocycles. The van der Waals surface area contributed by atoms with Crippen molar-refractivity contribution in [3.63, 3.8) is 0 Å². The fourth-order valence-electron chi connectivity index (χ4n) is 6.61. The zero-order valence-corrected chi connectivity index (χ0v) is 21.4. The number of carbonyl (C=O) groups excluding carboxylic acids is 3. The molecule has 1 spiro atoms. The van der Waals surface area contributed by atoms with Crippen molar-refractivity contribution in [2.45, 2.75) is 69.4 Å². The summed E-state index contributed by atoms with van der Waals surface area (Å²) in [6, 6.07) is 12.5. The van der Waals surface area contributed by atoms with Gasteiger partial charge < -0.3 is 20.3 Å². The zero-order valence-electron chi connectivity index (χ0n) is 21.4. The number of nitrogens with one attached hydrogen (secondary N) is 2. The third kappa shape index (κ3) is 4.21. The van der Waals surface area contributed by atoms with Crippen molar-refractivity contribution in [3.8, 4) is 0 Å². The van der Waals surface area contributed by atoms with Crippen LogP contribution in [0.5, 0.6) is 0 Å². The van der Waals surface area contributed by atoms with Gasteiger partial charge in [-0.05, 0) is 49.6 Å². The van der Waals surface area contributed by atoms with Crippen molar-refractivity contribution < 1.29 is 23.5 Å². The number of carbonyl (C=O) groups is 3. The van der Waals surface area contributed by atoms with Crippen LogP contribution in [0.1, 0.15) is 43.2 Å². The van der Waals surface area contributed by atoms with Gasteiger partial charge in [-0.15, -0.1) is 0 Å². The number of hydrogen-bond donors (Lipinski definition) is 2. The summed E-state index contributed by atoms with van der Waals surface area (Å²) in [5.41, 5.74) is 1.19. The molecule has 8 heteroatoms. The van der Waals surface area contributed by atoms with E-state index < -0.39 is 29.6 Å². The fourth-order valence-corrected chi connectivity index (χ4v) is 6.61. The van der Waals surface area contributed by atoms with Crippen LogP contribution in [0.25, 0.3) is 0 Å². The van der Waals surface area contributed by atoms with E-state index in [0.717, 1.165) is 37.7 Å². The number of ether oxygens (including phenoxy) is 1. The molecule has 0 aromatic heterocycles. The van der Waals surface area contributed by atoms with Gasteiger partial charge in [-0.1, -0.05) is 61.2 Å². The average molecular weight is 518 g/mol. The number of likely N-dealkylation sites (tertiary alicyclic amines) is 1. The maximum absolute atomic E-state index is 14.0. The van der Waals surface area contributed by atoms with Crippen LogP contribution in [-0.4, -0.2) is 46.4 Å². The molecule has 3 unspecified atom stereocenters. The molecule has 2 aromatic rings. The molecule has 5 atom stereocenters. The standard InChI is InChI=1S/C30H32FN3O4/c1-18-7-13-22(14-8-18)32-27(35)24-23-15-16-30(38-23)25(24)29(37)34(17-19-9-11-20(31)12-10-19)26(30)28(36)33-21-5-3-2-4-6-21/h7-16,21,23-26H,2-6,17H2,1H3,(H,32,35)(H,33,36)/t23-,24?,25-,26?,30?/m1/s1. The SMILES string of the molecule is Cc1ccc(NC(=O)C2[C@H]3C=CC4(O3)C(C(=O)NC3CCCCC3)N(Cc3ccc(F)cc3)C(=O)[C@@H]24)cc1.